The number of carboxylic acids is 1. The minimum Gasteiger partial charge on any atom is -0.481 e. The monoisotopic (exact) mass is 1260 g/mol. The van der Waals surface area contributed by atoms with Gasteiger partial charge in [0.15, 0.2) is 5.96 Å². The van der Waals surface area contributed by atoms with Gasteiger partial charge in [-0.2, -0.15) is 0 Å². The molecule has 10 amide bonds. The Bertz CT molecular complexity index is 2620. The number of β-amino-alcohol motifs (C(OH)–C–C–N with tert-alkyl or cyclic N) is 1. The first-order chi connectivity index (χ1) is 42.6. The fourth-order valence-electron chi connectivity index (χ4n) is 11.8. The lowest BCUT2D eigenvalue weighted by Crippen LogP contribution is -2.67. The Balaban J connectivity index is 1.58. The van der Waals surface area contributed by atoms with Gasteiger partial charge >= 0.3 is 5.97 Å². The molecule has 0 unspecified atom stereocenters. The fraction of sp³-hybridized carbons (Fsp3) is 0.714. The number of primary amides is 1. The standard InChI is InChI=1S/C63H104N14O13/c1-9-11-12-13-17-24-50(79)76-30-19-22-42(36-76)54(83)70-45(33-41-20-15-14-16-21-41)57(86)74-63(25-28-67-29-26-63)61(90)72-47(31-38(3)4)59(88)77-37-43(78)34-49(77)60(89)75(8)48(32-39(5)6)58(87)71-46(35-51(80)81)56(85)69-44(23-18-27-68-62(65)66)55(84)73-52(53(64)82)40(7)10-2/h14-16,20-21,38-40,42-49,52,67,78H,9-13,17-19,22-37H2,1-8H3,(H2,64,82)(H,69,85)(H,70,83)(H,71,87)(H,72,90)(H,73,84)(H,74,86)(H,80,81)(H4,65,66,68)/t40-,42-,43+,44-,45-,46-,47-,48-,49-,52-/m0/s1. The summed E-state index contributed by atoms with van der Waals surface area (Å²) in [5.74, 6) is -10.1. The number of amides is 10. The highest BCUT2D eigenvalue weighted by atomic mass is 16.4. The molecular formula is C63H104N14O13. The first kappa shape index (κ1) is 75.0. The van der Waals surface area contributed by atoms with Crippen LogP contribution in [0.2, 0.25) is 0 Å². The average molecular weight is 1270 g/mol. The fourth-order valence-corrected chi connectivity index (χ4v) is 11.8. The summed E-state index contributed by atoms with van der Waals surface area (Å²) in [4.78, 5) is 162. The van der Waals surface area contributed by atoms with Crippen molar-refractivity contribution in [3.05, 3.63) is 35.9 Å². The second-order valence-corrected chi connectivity index (χ2v) is 25.5. The number of carbonyl (C=O) groups excluding carboxylic acids is 10. The van der Waals surface area contributed by atoms with Crippen LogP contribution in [0.1, 0.15) is 163 Å². The number of carbonyl (C=O) groups is 11. The van der Waals surface area contributed by atoms with Crippen molar-refractivity contribution in [1.82, 2.24) is 51.9 Å². The van der Waals surface area contributed by atoms with Crippen LogP contribution in [0, 0.1) is 23.7 Å². The number of likely N-dealkylation sites (N-methyl/N-ethyl adjacent to an activating group) is 1. The van der Waals surface area contributed by atoms with Crippen molar-refractivity contribution >= 4 is 71.0 Å². The molecule has 90 heavy (non-hydrogen) atoms. The maximum absolute atomic E-state index is 15.1. The lowest BCUT2D eigenvalue weighted by Gasteiger charge is -2.40. The van der Waals surface area contributed by atoms with Crippen LogP contribution in [-0.4, -0.2) is 196 Å². The van der Waals surface area contributed by atoms with Crippen LogP contribution in [-0.2, 0) is 59.2 Å². The van der Waals surface area contributed by atoms with Crippen LogP contribution in [0.3, 0.4) is 0 Å². The highest BCUT2D eigenvalue weighted by Crippen LogP contribution is 2.27. The number of benzene rings is 1. The zero-order valence-electron chi connectivity index (χ0n) is 54.2. The van der Waals surface area contributed by atoms with Crippen molar-refractivity contribution in [2.24, 2.45) is 45.9 Å². The van der Waals surface area contributed by atoms with Crippen molar-refractivity contribution in [2.45, 2.75) is 218 Å². The summed E-state index contributed by atoms with van der Waals surface area (Å²) in [6.07, 6.45) is 4.94. The number of hydrogen-bond acceptors (Lipinski definition) is 14. The van der Waals surface area contributed by atoms with Crippen LogP contribution in [0.15, 0.2) is 35.3 Å². The molecule has 0 saturated carbocycles. The molecule has 0 bridgehead atoms. The maximum Gasteiger partial charge on any atom is 0.305 e. The Morgan fingerprint density at radius 1 is 0.756 bits per heavy atom. The first-order valence-electron chi connectivity index (χ1n) is 32.3. The second-order valence-electron chi connectivity index (χ2n) is 25.5. The predicted octanol–water partition coefficient (Wildman–Crippen LogP) is 0.431. The molecule has 3 aliphatic heterocycles. The summed E-state index contributed by atoms with van der Waals surface area (Å²) in [5.41, 5.74) is 15.7. The molecule has 3 heterocycles. The summed E-state index contributed by atoms with van der Waals surface area (Å²) in [6.45, 7) is 13.9. The average Bonchev–Trinajstić information content (AvgIpc) is 1.53. The number of hydrogen-bond donors (Lipinski definition) is 12. The van der Waals surface area contributed by atoms with Gasteiger partial charge < -0.3 is 79.3 Å². The van der Waals surface area contributed by atoms with E-state index in [1.165, 1.54) is 7.05 Å². The number of piperidine rings is 2. The number of aliphatic hydroxyl groups excluding tert-OH is 1. The number of aliphatic hydroxyl groups is 1. The minimum absolute atomic E-state index is 0.00208. The van der Waals surface area contributed by atoms with Crippen LogP contribution in [0.4, 0.5) is 0 Å². The quantitative estimate of drug-likeness (QED) is 0.0246. The van der Waals surface area contributed by atoms with E-state index in [0.29, 0.717) is 45.3 Å². The number of rotatable bonds is 36. The molecule has 3 saturated heterocycles. The van der Waals surface area contributed by atoms with Gasteiger partial charge in [0, 0.05) is 52.5 Å². The molecule has 15 N–H and O–H groups in total. The van der Waals surface area contributed by atoms with Gasteiger partial charge in [-0.25, -0.2) is 0 Å². The molecular weight excluding hydrogens is 1160 g/mol. The molecule has 0 aliphatic carbocycles. The van der Waals surface area contributed by atoms with Gasteiger partial charge in [-0.15, -0.1) is 0 Å². The summed E-state index contributed by atoms with van der Waals surface area (Å²) in [5, 5.41) is 40.9. The van der Waals surface area contributed by atoms with Gasteiger partial charge in [0.1, 0.15) is 47.8 Å². The largest absolute Gasteiger partial charge is 0.481 e. The Labute approximate surface area is 530 Å². The van der Waals surface area contributed by atoms with E-state index in [0.717, 1.165) is 47.5 Å². The molecule has 0 aromatic heterocycles. The lowest BCUT2D eigenvalue weighted by molar-refractivity contribution is -0.149. The molecule has 504 valence electrons. The zero-order chi connectivity index (χ0) is 66.8. The van der Waals surface area contributed by atoms with E-state index in [1.54, 1.807) is 32.6 Å². The van der Waals surface area contributed by atoms with Gasteiger partial charge in [-0.3, -0.25) is 57.7 Å². The Kier molecular flexibility index (Phi) is 30.9. The third kappa shape index (κ3) is 23.4. The molecule has 3 fully saturated rings. The topological polar surface area (TPSA) is 413 Å². The van der Waals surface area contributed by atoms with Gasteiger partial charge in [0.25, 0.3) is 0 Å². The number of guanidine groups is 1. The molecule has 10 atom stereocenters. The number of nitrogens with zero attached hydrogens (tertiary/aromatic N) is 4. The first-order valence-corrected chi connectivity index (χ1v) is 32.3. The van der Waals surface area contributed by atoms with Crippen LogP contribution >= 0.6 is 0 Å². The Morgan fingerprint density at radius 2 is 1.40 bits per heavy atom. The predicted molar refractivity (Wildman–Crippen MR) is 338 cm³/mol. The third-order valence-corrected chi connectivity index (χ3v) is 17.2. The SMILES string of the molecule is CCCCCCCC(=O)N1CCC[C@H](C(=O)N[C@@H](Cc2ccccc2)C(=O)NC2(C(=O)N[C@@H](CC(C)C)C(=O)N3C[C@H](O)C[C@H]3C(=O)N(C)[C@@H](CC(C)C)C(=O)N[C@@H](CC(=O)O)C(=O)N[C@@H](CCCN=C(N)N)C(=O)N[C@H](C(N)=O)[C@@H](C)CC)CCNCC2)C1. The highest BCUT2D eigenvalue weighted by molar-refractivity contribution is 6.00. The van der Waals surface area contributed by atoms with E-state index in [1.807, 2.05) is 44.2 Å². The molecule has 3 aliphatic rings. The van der Waals surface area contributed by atoms with Crippen molar-refractivity contribution in [3.8, 4) is 0 Å². The summed E-state index contributed by atoms with van der Waals surface area (Å²) in [7, 11) is 1.31. The number of likely N-dealkylation sites (tertiary alicyclic amines) is 2. The van der Waals surface area contributed by atoms with E-state index in [2.05, 4.69) is 49.1 Å². The van der Waals surface area contributed by atoms with E-state index in [-0.39, 0.29) is 101 Å². The van der Waals surface area contributed by atoms with Crippen LogP contribution < -0.4 is 54.4 Å². The highest BCUT2D eigenvalue weighted by Gasteiger charge is 2.48. The second kappa shape index (κ2) is 37.0. The molecule has 0 spiro atoms. The van der Waals surface area contributed by atoms with Crippen molar-refractivity contribution in [2.75, 3.05) is 46.3 Å². The van der Waals surface area contributed by atoms with E-state index in [4.69, 9.17) is 17.2 Å². The van der Waals surface area contributed by atoms with E-state index in [9.17, 15) is 53.4 Å². The van der Waals surface area contributed by atoms with E-state index < -0.39 is 125 Å². The number of nitrogens with one attached hydrogen (secondary N) is 7. The number of unbranched alkanes of at least 4 members (excludes halogenated alkanes) is 4. The Morgan fingerprint density at radius 3 is 2.01 bits per heavy atom. The lowest BCUT2D eigenvalue weighted by atomic mass is 9.85. The van der Waals surface area contributed by atoms with Crippen LogP contribution in [0.25, 0.3) is 0 Å². The Hall–Kier alpha value is -7.42. The normalized spacial score (nSPS) is 19.6. The van der Waals surface area contributed by atoms with Gasteiger partial charge in [-0.05, 0) is 94.2 Å². The molecule has 27 nitrogen and oxygen atoms in total. The van der Waals surface area contributed by atoms with Crippen molar-refractivity contribution in [3.63, 3.8) is 0 Å². The summed E-state index contributed by atoms with van der Waals surface area (Å²) >= 11 is 0. The minimum atomic E-state index is -1.81. The molecule has 27 heteroatoms. The number of aliphatic imine (C=N–C) groups is 1. The number of carboxylic acid groups (broad SMARTS) is 1. The summed E-state index contributed by atoms with van der Waals surface area (Å²) in [6, 6.07) is -0.404. The molecule has 0 radical (unpaired) electrons. The molecule has 4 rings (SSSR count). The van der Waals surface area contributed by atoms with Gasteiger partial charge in [0.05, 0.1) is 18.4 Å². The van der Waals surface area contributed by atoms with Crippen LogP contribution in [0.5, 0.6) is 0 Å². The number of nitrogens with two attached hydrogens (primary N) is 3. The molecule has 1 aromatic carbocycles. The van der Waals surface area contributed by atoms with Crippen molar-refractivity contribution in [1.29, 1.82) is 0 Å². The smallest absolute Gasteiger partial charge is 0.305 e. The zero-order valence-corrected chi connectivity index (χ0v) is 54.2. The summed E-state index contributed by atoms with van der Waals surface area (Å²) < 4.78 is 0. The maximum atomic E-state index is 15.1. The van der Waals surface area contributed by atoms with E-state index >= 15 is 9.59 Å². The number of aliphatic carboxylic acids is 1. The third-order valence-electron chi connectivity index (χ3n) is 17.2. The van der Waals surface area contributed by atoms with Crippen molar-refractivity contribution < 1.29 is 63.0 Å². The van der Waals surface area contributed by atoms with Gasteiger partial charge in [0.2, 0.25) is 59.1 Å². The van der Waals surface area contributed by atoms with Gasteiger partial charge in [-0.1, -0.05) is 111 Å². The molecule has 1 aromatic rings.